The molecule has 1 atom stereocenters. The van der Waals surface area contributed by atoms with Gasteiger partial charge in [-0.3, -0.25) is 0 Å². The number of aromatic nitrogens is 3. The smallest absolute Gasteiger partial charge is 0.109 e. The third-order valence-electron chi connectivity index (χ3n) is 3.05. The number of hydrogen-bond donors (Lipinski definition) is 1. The fraction of sp³-hybridized carbons (Fsp3) is 0.538. The lowest BCUT2D eigenvalue weighted by Crippen LogP contribution is -2.22. The van der Waals surface area contributed by atoms with Crippen LogP contribution in [0.15, 0.2) is 12.4 Å². The average molecular weight is 264 g/mol. The maximum absolute atomic E-state index is 4.47. The second-order valence-corrected chi connectivity index (χ2v) is 5.80. The highest BCUT2D eigenvalue weighted by Crippen LogP contribution is 2.24. The van der Waals surface area contributed by atoms with Gasteiger partial charge in [-0.1, -0.05) is 0 Å². The summed E-state index contributed by atoms with van der Waals surface area (Å²) in [5.74, 6) is 1.12. The summed E-state index contributed by atoms with van der Waals surface area (Å²) in [6.07, 6.45) is 4.77. The van der Waals surface area contributed by atoms with Gasteiger partial charge in [-0.2, -0.15) is 0 Å². The highest BCUT2D eigenvalue weighted by molar-refractivity contribution is 7.11. The van der Waals surface area contributed by atoms with Gasteiger partial charge >= 0.3 is 0 Å². The molecule has 0 saturated heterocycles. The Morgan fingerprint density at radius 2 is 2.22 bits per heavy atom. The predicted molar refractivity (Wildman–Crippen MR) is 74.9 cm³/mol. The Labute approximate surface area is 112 Å². The number of thiazole rings is 1. The predicted octanol–water partition coefficient (Wildman–Crippen LogP) is 2.39. The molecule has 2 aromatic rings. The van der Waals surface area contributed by atoms with Gasteiger partial charge < -0.3 is 9.88 Å². The molecule has 0 aliphatic heterocycles. The van der Waals surface area contributed by atoms with Crippen LogP contribution in [0.2, 0.25) is 0 Å². The number of nitrogens with one attached hydrogen (secondary N) is 1. The normalized spacial score (nSPS) is 12.9. The number of rotatable bonds is 5. The summed E-state index contributed by atoms with van der Waals surface area (Å²) in [7, 11) is 2.03. The van der Waals surface area contributed by atoms with E-state index < -0.39 is 0 Å². The van der Waals surface area contributed by atoms with Crippen LogP contribution in [0.3, 0.4) is 0 Å². The fourth-order valence-corrected chi connectivity index (χ4v) is 3.03. The Morgan fingerprint density at radius 1 is 1.44 bits per heavy atom. The van der Waals surface area contributed by atoms with E-state index in [1.165, 1.54) is 4.88 Å². The molecule has 0 aliphatic carbocycles. The second kappa shape index (κ2) is 5.63. The van der Waals surface area contributed by atoms with E-state index in [-0.39, 0.29) is 0 Å². The van der Waals surface area contributed by atoms with Crippen molar-refractivity contribution in [2.24, 2.45) is 7.05 Å². The van der Waals surface area contributed by atoms with Crippen molar-refractivity contribution >= 4 is 11.3 Å². The Balaban J connectivity index is 1.87. The zero-order valence-electron chi connectivity index (χ0n) is 11.4. The standard InChI is InChI=1S/C13H20N4S/c1-9(13-10(2)16-11(3)18-13)14-6-5-12-15-7-8-17(12)4/h7-9,14H,5-6H2,1-4H3. The zero-order chi connectivity index (χ0) is 13.1. The quantitative estimate of drug-likeness (QED) is 0.901. The van der Waals surface area contributed by atoms with Gasteiger partial charge in [-0.25, -0.2) is 9.97 Å². The molecule has 18 heavy (non-hydrogen) atoms. The topological polar surface area (TPSA) is 42.7 Å². The van der Waals surface area contributed by atoms with Crippen molar-refractivity contribution < 1.29 is 0 Å². The van der Waals surface area contributed by atoms with Crippen LogP contribution in [-0.2, 0) is 13.5 Å². The molecule has 4 nitrogen and oxygen atoms in total. The second-order valence-electron chi connectivity index (χ2n) is 4.56. The Kier molecular flexibility index (Phi) is 4.14. The molecule has 2 aromatic heterocycles. The third kappa shape index (κ3) is 2.97. The lowest BCUT2D eigenvalue weighted by molar-refractivity contribution is 0.569. The number of hydrogen-bond acceptors (Lipinski definition) is 4. The van der Waals surface area contributed by atoms with E-state index in [0.29, 0.717) is 6.04 Å². The Morgan fingerprint density at radius 3 is 2.78 bits per heavy atom. The Bertz CT molecular complexity index is 515. The molecule has 0 aromatic carbocycles. The third-order valence-corrected chi connectivity index (χ3v) is 4.31. The highest BCUT2D eigenvalue weighted by Gasteiger charge is 2.12. The van der Waals surface area contributed by atoms with E-state index in [0.717, 1.165) is 29.5 Å². The summed E-state index contributed by atoms with van der Waals surface area (Å²) < 4.78 is 2.06. The lowest BCUT2D eigenvalue weighted by Gasteiger charge is -2.12. The molecule has 0 saturated carbocycles. The van der Waals surface area contributed by atoms with Crippen molar-refractivity contribution in [2.45, 2.75) is 33.2 Å². The van der Waals surface area contributed by atoms with Crippen molar-refractivity contribution in [1.29, 1.82) is 0 Å². The molecule has 0 amide bonds. The molecule has 0 spiro atoms. The summed E-state index contributed by atoms with van der Waals surface area (Å²) in [5.41, 5.74) is 1.15. The van der Waals surface area contributed by atoms with Gasteiger partial charge in [0.25, 0.3) is 0 Å². The van der Waals surface area contributed by atoms with Crippen LogP contribution in [0.25, 0.3) is 0 Å². The first-order chi connectivity index (χ1) is 8.58. The molecule has 0 radical (unpaired) electrons. The van der Waals surface area contributed by atoms with Crippen molar-refractivity contribution in [3.63, 3.8) is 0 Å². The van der Waals surface area contributed by atoms with Crippen LogP contribution < -0.4 is 5.32 Å². The summed E-state index contributed by atoms with van der Waals surface area (Å²) in [6.45, 7) is 7.26. The maximum Gasteiger partial charge on any atom is 0.109 e. The summed E-state index contributed by atoms with van der Waals surface area (Å²) >= 11 is 1.78. The van der Waals surface area contributed by atoms with Gasteiger partial charge in [0.1, 0.15) is 5.82 Å². The molecule has 0 bridgehead atoms. The first kappa shape index (κ1) is 13.2. The maximum atomic E-state index is 4.47. The van der Waals surface area contributed by atoms with E-state index in [9.17, 15) is 0 Å². The van der Waals surface area contributed by atoms with Gasteiger partial charge in [0.15, 0.2) is 0 Å². The average Bonchev–Trinajstić information content (AvgIpc) is 2.85. The van der Waals surface area contributed by atoms with Crippen LogP contribution in [0.5, 0.6) is 0 Å². The van der Waals surface area contributed by atoms with E-state index in [1.807, 2.05) is 19.4 Å². The van der Waals surface area contributed by atoms with Crippen molar-refractivity contribution in [1.82, 2.24) is 19.9 Å². The van der Waals surface area contributed by atoms with E-state index in [1.54, 1.807) is 11.3 Å². The lowest BCUT2D eigenvalue weighted by atomic mass is 10.2. The molecular formula is C13H20N4S. The van der Waals surface area contributed by atoms with Gasteiger partial charge in [-0.05, 0) is 20.8 Å². The molecule has 0 aliphatic rings. The molecular weight excluding hydrogens is 244 g/mol. The number of imidazole rings is 1. The van der Waals surface area contributed by atoms with Gasteiger partial charge in [-0.15, -0.1) is 11.3 Å². The van der Waals surface area contributed by atoms with E-state index in [4.69, 9.17) is 0 Å². The van der Waals surface area contributed by atoms with Crippen LogP contribution in [0.1, 0.15) is 34.4 Å². The van der Waals surface area contributed by atoms with Gasteiger partial charge in [0.05, 0.1) is 10.7 Å². The van der Waals surface area contributed by atoms with Crippen LogP contribution in [-0.4, -0.2) is 21.1 Å². The minimum atomic E-state index is 0.358. The molecule has 98 valence electrons. The number of aryl methyl sites for hydroxylation is 3. The largest absolute Gasteiger partial charge is 0.338 e. The SMILES string of the molecule is Cc1nc(C)c(C(C)NCCc2nccn2C)s1. The first-order valence-electron chi connectivity index (χ1n) is 6.21. The van der Waals surface area contributed by atoms with Crippen molar-refractivity contribution in [3.8, 4) is 0 Å². The van der Waals surface area contributed by atoms with Crippen LogP contribution in [0.4, 0.5) is 0 Å². The van der Waals surface area contributed by atoms with Crippen LogP contribution in [0, 0.1) is 13.8 Å². The Hall–Kier alpha value is -1.20. The van der Waals surface area contributed by atoms with Gasteiger partial charge in [0, 0.05) is 43.3 Å². The summed E-state index contributed by atoms with van der Waals surface area (Å²) in [5, 5.41) is 4.67. The molecule has 2 heterocycles. The highest BCUT2D eigenvalue weighted by atomic mass is 32.1. The van der Waals surface area contributed by atoms with Crippen LogP contribution >= 0.6 is 11.3 Å². The first-order valence-corrected chi connectivity index (χ1v) is 7.03. The molecule has 1 unspecified atom stereocenters. The molecule has 2 rings (SSSR count). The zero-order valence-corrected chi connectivity index (χ0v) is 12.2. The summed E-state index contributed by atoms with van der Waals surface area (Å²) in [4.78, 5) is 10.1. The van der Waals surface area contributed by atoms with Gasteiger partial charge in [0.2, 0.25) is 0 Å². The van der Waals surface area contributed by atoms with E-state index in [2.05, 4.69) is 40.6 Å². The minimum Gasteiger partial charge on any atom is -0.338 e. The number of nitrogens with zero attached hydrogens (tertiary/aromatic N) is 3. The van der Waals surface area contributed by atoms with Crippen molar-refractivity contribution in [3.05, 3.63) is 33.8 Å². The molecule has 1 N–H and O–H groups in total. The monoisotopic (exact) mass is 264 g/mol. The van der Waals surface area contributed by atoms with Crippen molar-refractivity contribution in [2.75, 3.05) is 6.54 Å². The minimum absolute atomic E-state index is 0.358. The fourth-order valence-electron chi connectivity index (χ4n) is 2.08. The molecule has 5 heteroatoms. The van der Waals surface area contributed by atoms with E-state index >= 15 is 0 Å². The molecule has 0 fully saturated rings. The summed E-state index contributed by atoms with van der Waals surface area (Å²) in [6, 6.07) is 0.358.